The number of carbonyl (C=O) groups excluding carboxylic acids is 1. The molecule has 2 aromatic rings. The van der Waals surface area contributed by atoms with Crippen LogP contribution < -0.4 is 9.47 Å². The molecule has 0 saturated carbocycles. The molecule has 0 aliphatic carbocycles. The summed E-state index contributed by atoms with van der Waals surface area (Å²) in [6, 6.07) is 8.41. The first-order chi connectivity index (χ1) is 9.99. The number of methoxy groups -OCH3 is 2. The molecule has 0 heterocycles. The van der Waals surface area contributed by atoms with E-state index in [4.69, 9.17) is 32.7 Å². The zero-order valence-corrected chi connectivity index (χ0v) is 13.4. The van der Waals surface area contributed by atoms with Crippen LogP contribution in [0.15, 0.2) is 30.3 Å². The highest BCUT2D eigenvalue weighted by molar-refractivity contribution is 6.38. The summed E-state index contributed by atoms with van der Waals surface area (Å²) in [5.41, 5.74) is 1.56. The maximum atomic E-state index is 12.6. The van der Waals surface area contributed by atoms with Gasteiger partial charge < -0.3 is 9.47 Å². The van der Waals surface area contributed by atoms with Gasteiger partial charge in [-0.15, -0.1) is 0 Å². The molecule has 2 rings (SSSR count). The second kappa shape index (κ2) is 6.37. The summed E-state index contributed by atoms with van der Waals surface area (Å²) in [4.78, 5) is 12.6. The van der Waals surface area contributed by atoms with E-state index >= 15 is 0 Å². The van der Waals surface area contributed by atoms with Crippen LogP contribution in [-0.4, -0.2) is 20.0 Å². The van der Waals surface area contributed by atoms with E-state index in [1.807, 2.05) is 13.0 Å². The normalized spacial score (nSPS) is 10.3. The van der Waals surface area contributed by atoms with Crippen molar-refractivity contribution in [2.24, 2.45) is 0 Å². The Morgan fingerprint density at radius 1 is 1.00 bits per heavy atom. The summed E-state index contributed by atoms with van der Waals surface area (Å²) in [6.45, 7) is 1.84. The first-order valence-electron chi connectivity index (χ1n) is 6.21. The highest BCUT2D eigenvalue weighted by Gasteiger charge is 2.19. The Balaban J connectivity index is 2.56. The average Bonchev–Trinajstić information content (AvgIpc) is 2.49. The van der Waals surface area contributed by atoms with Crippen LogP contribution in [0.25, 0.3) is 0 Å². The third-order valence-electron chi connectivity index (χ3n) is 3.15. The number of carbonyl (C=O) groups is 1. The smallest absolute Gasteiger partial charge is 0.196 e. The largest absolute Gasteiger partial charge is 0.493 e. The van der Waals surface area contributed by atoms with E-state index < -0.39 is 0 Å². The van der Waals surface area contributed by atoms with Crippen molar-refractivity contribution in [3.05, 3.63) is 57.1 Å². The van der Waals surface area contributed by atoms with Crippen molar-refractivity contribution in [1.82, 2.24) is 0 Å². The van der Waals surface area contributed by atoms with Gasteiger partial charge in [0.2, 0.25) is 0 Å². The van der Waals surface area contributed by atoms with Gasteiger partial charge >= 0.3 is 0 Å². The van der Waals surface area contributed by atoms with Crippen LogP contribution in [0.3, 0.4) is 0 Å². The number of aryl methyl sites for hydroxylation is 1. The molecule has 110 valence electrons. The van der Waals surface area contributed by atoms with Gasteiger partial charge in [-0.25, -0.2) is 0 Å². The van der Waals surface area contributed by atoms with Crippen LogP contribution in [0, 0.1) is 6.92 Å². The molecule has 5 heteroatoms. The standard InChI is InChI=1S/C16H14Cl2O3/c1-9-5-4-6-10(15(9)18)16(19)11-7-13(20-2)14(21-3)8-12(11)17/h4-8H,1-3H3. The number of halogens is 2. The average molecular weight is 325 g/mol. The SMILES string of the molecule is COc1cc(Cl)c(C(=O)c2cccc(C)c2Cl)cc1OC. The number of hydrogen-bond donors (Lipinski definition) is 0. The molecule has 0 aliphatic rings. The number of ketones is 1. The number of hydrogen-bond acceptors (Lipinski definition) is 3. The van der Waals surface area contributed by atoms with Crippen LogP contribution in [-0.2, 0) is 0 Å². The van der Waals surface area contributed by atoms with E-state index in [-0.39, 0.29) is 10.8 Å². The zero-order chi connectivity index (χ0) is 15.6. The van der Waals surface area contributed by atoms with Crippen LogP contribution in [0.4, 0.5) is 0 Å². The van der Waals surface area contributed by atoms with Gasteiger partial charge in [0.25, 0.3) is 0 Å². The van der Waals surface area contributed by atoms with Crippen molar-refractivity contribution < 1.29 is 14.3 Å². The van der Waals surface area contributed by atoms with Crippen molar-refractivity contribution in [3.63, 3.8) is 0 Å². The summed E-state index contributed by atoms with van der Waals surface area (Å²) in [5.74, 6) is 0.651. The van der Waals surface area contributed by atoms with Gasteiger partial charge in [0.05, 0.1) is 24.3 Å². The molecule has 0 fully saturated rings. The molecule has 0 amide bonds. The molecule has 3 nitrogen and oxygen atoms in total. The van der Waals surface area contributed by atoms with Crippen LogP contribution in [0.1, 0.15) is 21.5 Å². The Kier molecular flexibility index (Phi) is 4.76. The van der Waals surface area contributed by atoms with Crippen molar-refractivity contribution in [1.29, 1.82) is 0 Å². The topological polar surface area (TPSA) is 35.5 Å². The van der Waals surface area contributed by atoms with E-state index in [9.17, 15) is 4.79 Å². The highest BCUT2D eigenvalue weighted by atomic mass is 35.5. The summed E-state index contributed by atoms with van der Waals surface area (Å²) >= 11 is 12.4. The molecule has 0 aliphatic heterocycles. The summed E-state index contributed by atoms with van der Waals surface area (Å²) in [5, 5.41) is 0.712. The van der Waals surface area contributed by atoms with E-state index in [0.717, 1.165) is 5.56 Å². The molecule has 0 atom stereocenters. The number of rotatable bonds is 4. The molecule has 0 unspecified atom stereocenters. The van der Waals surface area contributed by atoms with Crippen LogP contribution >= 0.6 is 23.2 Å². The Labute approximate surface area is 133 Å². The maximum absolute atomic E-state index is 12.6. The minimum atomic E-state index is -0.255. The Morgan fingerprint density at radius 3 is 2.24 bits per heavy atom. The molecule has 0 radical (unpaired) electrons. The maximum Gasteiger partial charge on any atom is 0.196 e. The molecule has 21 heavy (non-hydrogen) atoms. The minimum absolute atomic E-state index is 0.255. The Morgan fingerprint density at radius 2 is 1.62 bits per heavy atom. The molecule has 0 N–H and O–H groups in total. The van der Waals surface area contributed by atoms with Crippen molar-refractivity contribution in [3.8, 4) is 11.5 Å². The lowest BCUT2D eigenvalue weighted by molar-refractivity contribution is 0.103. The van der Waals surface area contributed by atoms with Gasteiger partial charge in [0.1, 0.15) is 0 Å². The molecule has 2 aromatic carbocycles. The molecule has 0 aromatic heterocycles. The summed E-state index contributed by atoms with van der Waals surface area (Å²) in [7, 11) is 3.01. The monoisotopic (exact) mass is 324 g/mol. The van der Waals surface area contributed by atoms with Gasteiger partial charge in [-0.1, -0.05) is 35.3 Å². The molecular formula is C16H14Cl2O3. The van der Waals surface area contributed by atoms with E-state index in [2.05, 4.69) is 0 Å². The number of benzene rings is 2. The third-order valence-corrected chi connectivity index (χ3v) is 3.97. The second-order valence-corrected chi connectivity index (χ2v) is 5.24. The fraction of sp³-hybridized carbons (Fsp3) is 0.188. The fourth-order valence-electron chi connectivity index (χ4n) is 2.00. The van der Waals surface area contributed by atoms with Crippen LogP contribution in [0.5, 0.6) is 11.5 Å². The van der Waals surface area contributed by atoms with Gasteiger partial charge in [0.15, 0.2) is 17.3 Å². The van der Waals surface area contributed by atoms with Gasteiger partial charge in [-0.05, 0) is 24.6 Å². The van der Waals surface area contributed by atoms with Gasteiger partial charge in [-0.3, -0.25) is 4.79 Å². The van der Waals surface area contributed by atoms with Crippen molar-refractivity contribution >= 4 is 29.0 Å². The molecule has 0 spiro atoms. The lowest BCUT2D eigenvalue weighted by atomic mass is 10.0. The predicted molar refractivity (Wildman–Crippen MR) is 84.2 cm³/mol. The van der Waals surface area contributed by atoms with E-state index in [1.54, 1.807) is 24.3 Å². The molecular weight excluding hydrogens is 311 g/mol. The van der Waals surface area contributed by atoms with Crippen molar-refractivity contribution in [2.45, 2.75) is 6.92 Å². The lowest BCUT2D eigenvalue weighted by Gasteiger charge is -2.12. The first kappa shape index (κ1) is 15.7. The summed E-state index contributed by atoms with van der Waals surface area (Å²) in [6.07, 6.45) is 0. The molecule has 0 bridgehead atoms. The fourth-order valence-corrected chi connectivity index (χ4v) is 2.45. The zero-order valence-electron chi connectivity index (χ0n) is 11.9. The van der Waals surface area contributed by atoms with Gasteiger partial charge in [0, 0.05) is 17.2 Å². The Bertz CT molecular complexity index is 696. The quantitative estimate of drug-likeness (QED) is 0.774. The van der Waals surface area contributed by atoms with E-state index in [0.29, 0.717) is 27.6 Å². The van der Waals surface area contributed by atoms with Crippen LogP contribution in [0.2, 0.25) is 10.0 Å². The summed E-state index contributed by atoms with van der Waals surface area (Å²) < 4.78 is 10.4. The second-order valence-electron chi connectivity index (χ2n) is 4.45. The minimum Gasteiger partial charge on any atom is -0.493 e. The highest BCUT2D eigenvalue weighted by Crippen LogP contribution is 2.35. The van der Waals surface area contributed by atoms with E-state index in [1.165, 1.54) is 14.2 Å². The first-order valence-corrected chi connectivity index (χ1v) is 6.96. The third kappa shape index (κ3) is 2.99. The molecule has 0 saturated heterocycles. The Hall–Kier alpha value is -1.71. The van der Waals surface area contributed by atoms with Crippen molar-refractivity contribution in [2.75, 3.05) is 14.2 Å². The lowest BCUT2D eigenvalue weighted by Crippen LogP contribution is -2.05. The number of ether oxygens (including phenoxy) is 2. The predicted octanol–water partition coefficient (Wildman–Crippen LogP) is 4.55. The van der Waals surface area contributed by atoms with Gasteiger partial charge in [-0.2, -0.15) is 0 Å².